The quantitative estimate of drug-likeness (QED) is 0.708. The molecule has 3 nitrogen and oxygen atoms in total. The molecule has 68 valence electrons. The third-order valence-electron chi connectivity index (χ3n) is 2.55. The van der Waals surface area contributed by atoms with Crippen LogP contribution in [0.3, 0.4) is 0 Å². The predicted molar refractivity (Wildman–Crippen MR) is 48.0 cm³/mol. The van der Waals surface area contributed by atoms with Gasteiger partial charge in [-0.2, -0.15) is 0 Å². The van der Waals surface area contributed by atoms with Crippen LogP contribution >= 0.6 is 0 Å². The van der Waals surface area contributed by atoms with Crippen molar-refractivity contribution in [3.63, 3.8) is 0 Å². The summed E-state index contributed by atoms with van der Waals surface area (Å²) in [5.74, 6) is -0.844. The minimum absolute atomic E-state index is 0.426. The Morgan fingerprint density at radius 2 is 2.31 bits per heavy atom. The average Bonchev–Trinajstić information content (AvgIpc) is 2.50. The molecule has 1 heterocycles. The molecule has 1 aromatic heterocycles. The first-order chi connectivity index (χ1) is 6.20. The Morgan fingerprint density at radius 3 is 3.00 bits per heavy atom. The van der Waals surface area contributed by atoms with Crippen LogP contribution in [0.15, 0.2) is 6.20 Å². The number of nitrogens with zero attached hydrogens (tertiary/aromatic N) is 1. The van der Waals surface area contributed by atoms with Gasteiger partial charge in [-0.15, -0.1) is 0 Å². The molecule has 1 aliphatic carbocycles. The maximum Gasteiger partial charge on any atom is 0.337 e. The summed E-state index contributed by atoms with van der Waals surface area (Å²) >= 11 is 0. The molecule has 1 N–H and O–H groups in total. The van der Waals surface area contributed by atoms with Crippen LogP contribution in [0.2, 0.25) is 0 Å². The molecule has 13 heavy (non-hydrogen) atoms. The molecule has 0 fully saturated rings. The standard InChI is InChI=1S/C10H11NO2/c1-6-9(10(12)13)8-4-2-3-7(8)5-11-6/h5H,2-4H2,1H3,(H,12,13). The second-order valence-corrected chi connectivity index (χ2v) is 3.38. The van der Waals surface area contributed by atoms with Crippen LogP contribution in [0.4, 0.5) is 0 Å². The fourth-order valence-electron chi connectivity index (χ4n) is 1.94. The van der Waals surface area contributed by atoms with Gasteiger partial charge >= 0.3 is 5.97 Å². The number of rotatable bonds is 1. The Balaban J connectivity index is 2.65. The van der Waals surface area contributed by atoms with Crippen molar-refractivity contribution in [2.75, 3.05) is 0 Å². The second-order valence-electron chi connectivity index (χ2n) is 3.38. The number of carboxylic acid groups (broad SMARTS) is 1. The van der Waals surface area contributed by atoms with Crippen LogP contribution in [0.1, 0.15) is 33.6 Å². The van der Waals surface area contributed by atoms with Gasteiger partial charge in [0.2, 0.25) is 0 Å². The van der Waals surface area contributed by atoms with Crippen LogP contribution in [-0.4, -0.2) is 16.1 Å². The van der Waals surface area contributed by atoms with Crippen molar-refractivity contribution in [1.82, 2.24) is 4.98 Å². The van der Waals surface area contributed by atoms with Crippen molar-refractivity contribution >= 4 is 5.97 Å². The lowest BCUT2D eigenvalue weighted by molar-refractivity contribution is 0.0694. The normalized spacial score (nSPS) is 14.2. The molecule has 0 aliphatic heterocycles. The third-order valence-corrected chi connectivity index (χ3v) is 2.55. The molecule has 1 aromatic rings. The Kier molecular flexibility index (Phi) is 1.79. The fourth-order valence-corrected chi connectivity index (χ4v) is 1.94. The first kappa shape index (κ1) is 8.23. The van der Waals surface area contributed by atoms with Crippen LogP contribution in [0.5, 0.6) is 0 Å². The number of aryl methyl sites for hydroxylation is 2. The SMILES string of the molecule is Cc1ncc2c(c1C(=O)O)CCC2. The molecule has 0 bridgehead atoms. The molecule has 0 saturated heterocycles. The van der Waals surface area contributed by atoms with E-state index < -0.39 is 5.97 Å². The highest BCUT2D eigenvalue weighted by molar-refractivity contribution is 5.91. The number of hydrogen-bond donors (Lipinski definition) is 1. The highest BCUT2D eigenvalue weighted by Gasteiger charge is 2.21. The van der Waals surface area contributed by atoms with E-state index in [1.54, 1.807) is 6.92 Å². The maximum absolute atomic E-state index is 10.9. The fraction of sp³-hybridized carbons (Fsp3) is 0.400. The van der Waals surface area contributed by atoms with E-state index in [-0.39, 0.29) is 0 Å². The molecule has 0 radical (unpaired) electrons. The summed E-state index contributed by atoms with van der Waals surface area (Å²) in [5, 5.41) is 8.99. The van der Waals surface area contributed by atoms with Crippen LogP contribution in [0.25, 0.3) is 0 Å². The minimum atomic E-state index is -0.844. The molecule has 3 heteroatoms. The summed E-state index contributed by atoms with van der Waals surface area (Å²) in [6.45, 7) is 1.75. The highest BCUT2D eigenvalue weighted by atomic mass is 16.4. The molecule has 0 saturated carbocycles. The first-order valence-electron chi connectivity index (χ1n) is 4.41. The molecule has 0 unspecified atom stereocenters. The van der Waals surface area contributed by atoms with E-state index in [1.807, 2.05) is 6.20 Å². The van der Waals surface area contributed by atoms with Crippen LogP contribution in [0, 0.1) is 6.92 Å². The summed E-state index contributed by atoms with van der Waals surface area (Å²) in [5.41, 5.74) is 3.17. The van der Waals surface area contributed by atoms with Gasteiger partial charge in [0.15, 0.2) is 0 Å². The van der Waals surface area contributed by atoms with E-state index in [0.717, 1.165) is 30.4 Å². The smallest absolute Gasteiger partial charge is 0.337 e. The summed E-state index contributed by atoms with van der Waals surface area (Å²) in [6.07, 6.45) is 4.73. The lowest BCUT2D eigenvalue weighted by Crippen LogP contribution is -2.06. The summed E-state index contributed by atoms with van der Waals surface area (Å²) < 4.78 is 0. The topological polar surface area (TPSA) is 50.2 Å². The monoisotopic (exact) mass is 177 g/mol. The Labute approximate surface area is 76.4 Å². The van der Waals surface area contributed by atoms with Crippen molar-refractivity contribution in [2.24, 2.45) is 0 Å². The highest BCUT2D eigenvalue weighted by Crippen LogP contribution is 2.25. The molecular weight excluding hydrogens is 166 g/mol. The minimum Gasteiger partial charge on any atom is -0.478 e. The van der Waals surface area contributed by atoms with Gasteiger partial charge in [-0.25, -0.2) is 4.79 Å². The van der Waals surface area contributed by atoms with Gasteiger partial charge in [0, 0.05) is 6.20 Å². The van der Waals surface area contributed by atoms with E-state index in [2.05, 4.69) is 4.98 Å². The Morgan fingerprint density at radius 1 is 1.54 bits per heavy atom. The van der Waals surface area contributed by atoms with Gasteiger partial charge in [-0.05, 0) is 37.3 Å². The van der Waals surface area contributed by atoms with Crippen molar-refractivity contribution in [1.29, 1.82) is 0 Å². The van der Waals surface area contributed by atoms with Gasteiger partial charge in [-0.3, -0.25) is 4.98 Å². The molecule has 1 aliphatic rings. The number of carboxylic acids is 1. The van der Waals surface area contributed by atoms with Gasteiger partial charge in [-0.1, -0.05) is 0 Å². The second kappa shape index (κ2) is 2.83. The zero-order chi connectivity index (χ0) is 9.42. The Bertz CT molecular complexity index is 371. The molecular formula is C10H11NO2. The Hall–Kier alpha value is -1.38. The summed E-state index contributed by atoms with van der Waals surface area (Å²) in [4.78, 5) is 15.0. The predicted octanol–water partition coefficient (Wildman–Crippen LogP) is 1.58. The van der Waals surface area contributed by atoms with Crippen LogP contribution in [-0.2, 0) is 12.8 Å². The zero-order valence-corrected chi connectivity index (χ0v) is 7.50. The van der Waals surface area contributed by atoms with E-state index in [4.69, 9.17) is 5.11 Å². The number of pyridine rings is 1. The van der Waals surface area contributed by atoms with Crippen molar-refractivity contribution in [3.05, 3.63) is 28.6 Å². The summed E-state index contributed by atoms with van der Waals surface area (Å²) in [6, 6.07) is 0. The molecule has 0 atom stereocenters. The zero-order valence-electron chi connectivity index (χ0n) is 7.50. The molecule has 0 amide bonds. The lowest BCUT2D eigenvalue weighted by atomic mass is 10.0. The molecule has 0 aromatic carbocycles. The first-order valence-corrected chi connectivity index (χ1v) is 4.41. The van der Waals surface area contributed by atoms with E-state index in [9.17, 15) is 4.79 Å². The molecule has 2 rings (SSSR count). The number of hydrogen-bond acceptors (Lipinski definition) is 2. The van der Waals surface area contributed by atoms with E-state index in [0.29, 0.717) is 11.3 Å². The van der Waals surface area contributed by atoms with Gasteiger partial charge in [0.25, 0.3) is 0 Å². The van der Waals surface area contributed by atoms with Crippen LogP contribution < -0.4 is 0 Å². The van der Waals surface area contributed by atoms with E-state index >= 15 is 0 Å². The van der Waals surface area contributed by atoms with Gasteiger partial charge in [0.05, 0.1) is 11.3 Å². The van der Waals surface area contributed by atoms with Crippen molar-refractivity contribution < 1.29 is 9.90 Å². The van der Waals surface area contributed by atoms with E-state index in [1.165, 1.54) is 0 Å². The van der Waals surface area contributed by atoms with Crippen molar-refractivity contribution in [2.45, 2.75) is 26.2 Å². The maximum atomic E-state index is 10.9. The molecule has 0 spiro atoms. The van der Waals surface area contributed by atoms with Crippen molar-refractivity contribution in [3.8, 4) is 0 Å². The number of aromatic nitrogens is 1. The number of fused-ring (bicyclic) bond motifs is 1. The number of carbonyl (C=O) groups is 1. The van der Waals surface area contributed by atoms with Gasteiger partial charge in [0.1, 0.15) is 0 Å². The average molecular weight is 177 g/mol. The number of aromatic carboxylic acids is 1. The summed E-state index contributed by atoms with van der Waals surface area (Å²) in [7, 11) is 0. The largest absolute Gasteiger partial charge is 0.478 e. The lowest BCUT2D eigenvalue weighted by Gasteiger charge is -2.05. The van der Waals surface area contributed by atoms with Gasteiger partial charge < -0.3 is 5.11 Å². The third kappa shape index (κ3) is 1.20.